The highest BCUT2D eigenvalue weighted by atomic mass is 32.1. The molecule has 21 heavy (non-hydrogen) atoms. The molecule has 0 bridgehead atoms. The van der Waals surface area contributed by atoms with Crippen LogP contribution in [0.5, 0.6) is 0 Å². The Labute approximate surface area is 129 Å². The Morgan fingerprint density at radius 2 is 2.14 bits per heavy atom. The predicted octanol–water partition coefficient (Wildman–Crippen LogP) is 3.21. The summed E-state index contributed by atoms with van der Waals surface area (Å²) in [6.45, 7) is 6.06. The molecule has 1 atom stereocenters. The van der Waals surface area contributed by atoms with Gasteiger partial charge in [0.25, 0.3) is 5.91 Å². The molecule has 0 saturated heterocycles. The zero-order chi connectivity index (χ0) is 15.4. The average molecular weight is 303 g/mol. The molecule has 2 rings (SSSR count). The summed E-state index contributed by atoms with van der Waals surface area (Å²) in [5.41, 5.74) is 8.44. The van der Waals surface area contributed by atoms with Gasteiger partial charge in [0.15, 0.2) is 0 Å². The lowest BCUT2D eigenvalue weighted by molar-refractivity contribution is 0.0940. The van der Waals surface area contributed by atoms with Gasteiger partial charge >= 0.3 is 0 Å². The van der Waals surface area contributed by atoms with E-state index in [1.54, 1.807) is 17.4 Å². The van der Waals surface area contributed by atoms with Gasteiger partial charge in [-0.05, 0) is 53.8 Å². The molecule has 0 aliphatic heterocycles. The Morgan fingerprint density at radius 3 is 2.76 bits per heavy atom. The molecular weight excluding hydrogens is 282 g/mol. The first-order valence-corrected chi connectivity index (χ1v) is 7.99. The molecule has 1 amide bonds. The fourth-order valence-corrected chi connectivity index (χ4v) is 2.80. The van der Waals surface area contributed by atoms with E-state index in [0.29, 0.717) is 11.4 Å². The molecule has 4 nitrogen and oxygen atoms in total. The van der Waals surface area contributed by atoms with E-state index >= 15 is 0 Å². The summed E-state index contributed by atoms with van der Waals surface area (Å²) in [5.74, 6) is 0.522. The number of anilines is 1. The van der Waals surface area contributed by atoms with E-state index in [9.17, 15) is 4.79 Å². The van der Waals surface area contributed by atoms with Crippen LogP contribution in [0.25, 0.3) is 0 Å². The van der Waals surface area contributed by atoms with E-state index in [-0.39, 0.29) is 17.9 Å². The third-order valence-corrected chi connectivity index (χ3v) is 3.95. The van der Waals surface area contributed by atoms with Crippen molar-refractivity contribution in [3.8, 4) is 0 Å². The molecule has 0 aliphatic carbocycles. The summed E-state index contributed by atoms with van der Waals surface area (Å²) < 4.78 is 0. The van der Waals surface area contributed by atoms with Crippen LogP contribution in [0, 0.1) is 0 Å². The van der Waals surface area contributed by atoms with Crippen LogP contribution in [0.1, 0.15) is 48.3 Å². The van der Waals surface area contributed by atoms with Crippen molar-refractivity contribution < 1.29 is 4.79 Å². The maximum absolute atomic E-state index is 12.3. The van der Waals surface area contributed by atoms with Gasteiger partial charge in [0.1, 0.15) is 5.82 Å². The van der Waals surface area contributed by atoms with Crippen molar-refractivity contribution in [2.75, 3.05) is 5.73 Å². The lowest BCUT2D eigenvalue weighted by atomic mass is 10.1. The number of amides is 1. The van der Waals surface area contributed by atoms with E-state index in [1.165, 1.54) is 5.56 Å². The number of hydrogen-bond donors (Lipinski definition) is 2. The number of nitrogen functional groups attached to an aromatic ring is 1. The molecule has 0 spiro atoms. The van der Waals surface area contributed by atoms with E-state index in [4.69, 9.17) is 5.73 Å². The summed E-state index contributed by atoms with van der Waals surface area (Å²) >= 11 is 1.67. The maximum atomic E-state index is 12.3. The minimum absolute atomic E-state index is 0.0731. The number of nitrogens with two attached hydrogens (primary N) is 1. The summed E-state index contributed by atoms with van der Waals surface area (Å²) in [7, 11) is 0. The lowest BCUT2D eigenvalue weighted by Gasteiger charge is -2.14. The topological polar surface area (TPSA) is 68.0 Å². The highest BCUT2D eigenvalue weighted by molar-refractivity contribution is 7.07. The molecule has 1 unspecified atom stereocenters. The van der Waals surface area contributed by atoms with Crippen LogP contribution < -0.4 is 11.1 Å². The van der Waals surface area contributed by atoms with Gasteiger partial charge in [0.2, 0.25) is 0 Å². The highest BCUT2D eigenvalue weighted by Crippen LogP contribution is 2.16. The Kier molecular flexibility index (Phi) is 4.96. The van der Waals surface area contributed by atoms with Gasteiger partial charge in [0, 0.05) is 17.3 Å². The standard InChI is InChI=1S/C16H21N3OS/c1-10(2)14-7-13(8-15(17)19-14)16(20)18-11(3)6-12-4-5-21-9-12/h4-5,7-11H,6H2,1-3H3,(H2,17,19)(H,18,20). The summed E-state index contributed by atoms with van der Waals surface area (Å²) in [6, 6.07) is 5.59. The molecule has 2 heterocycles. The molecule has 0 aromatic carbocycles. The van der Waals surface area contributed by atoms with Crippen molar-refractivity contribution in [1.82, 2.24) is 10.3 Å². The molecule has 0 fully saturated rings. The van der Waals surface area contributed by atoms with Gasteiger partial charge in [-0.3, -0.25) is 4.79 Å². The SMILES string of the molecule is CC(Cc1ccsc1)NC(=O)c1cc(N)nc(C(C)C)c1. The number of hydrogen-bond acceptors (Lipinski definition) is 4. The molecule has 2 aromatic heterocycles. The predicted molar refractivity (Wildman–Crippen MR) is 87.7 cm³/mol. The van der Waals surface area contributed by atoms with Gasteiger partial charge < -0.3 is 11.1 Å². The first kappa shape index (κ1) is 15.5. The van der Waals surface area contributed by atoms with Crippen molar-refractivity contribution >= 4 is 23.1 Å². The first-order valence-electron chi connectivity index (χ1n) is 7.05. The van der Waals surface area contributed by atoms with Crippen molar-refractivity contribution in [3.63, 3.8) is 0 Å². The van der Waals surface area contributed by atoms with Gasteiger partial charge in [-0.2, -0.15) is 11.3 Å². The smallest absolute Gasteiger partial charge is 0.251 e. The second-order valence-corrected chi connectivity index (χ2v) is 6.35. The van der Waals surface area contributed by atoms with Crippen molar-refractivity contribution in [2.45, 2.75) is 39.2 Å². The second-order valence-electron chi connectivity index (χ2n) is 5.57. The Morgan fingerprint density at radius 1 is 1.38 bits per heavy atom. The Balaban J connectivity index is 2.06. The molecule has 5 heteroatoms. The van der Waals surface area contributed by atoms with Gasteiger partial charge in [-0.15, -0.1) is 0 Å². The molecule has 0 saturated carbocycles. The number of pyridine rings is 1. The fraction of sp³-hybridized carbons (Fsp3) is 0.375. The third-order valence-electron chi connectivity index (χ3n) is 3.22. The minimum atomic E-state index is -0.103. The number of nitrogens with one attached hydrogen (secondary N) is 1. The number of rotatable bonds is 5. The van der Waals surface area contributed by atoms with E-state index in [0.717, 1.165) is 12.1 Å². The van der Waals surface area contributed by atoms with Crippen LogP contribution in [0.15, 0.2) is 29.0 Å². The molecule has 0 radical (unpaired) electrons. The maximum Gasteiger partial charge on any atom is 0.251 e. The quantitative estimate of drug-likeness (QED) is 0.891. The Bertz CT molecular complexity index is 608. The van der Waals surface area contributed by atoms with Gasteiger partial charge in [0.05, 0.1) is 0 Å². The summed E-state index contributed by atoms with van der Waals surface area (Å²) in [6.07, 6.45) is 0.826. The zero-order valence-corrected chi connectivity index (χ0v) is 13.4. The first-order chi connectivity index (χ1) is 9.95. The van der Waals surface area contributed by atoms with E-state index in [1.807, 2.05) is 32.2 Å². The largest absolute Gasteiger partial charge is 0.384 e. The lowest BCUT2D eigenvalue weighted by Crippen LogP contribution is -2.34. The molecular formula is C16H21N3OS. The molecule has 2 aromatic rings. The van der Waals surface area contributed by atoms with Crippen molar-refractivity contribution in [2.24, 2.45) is 0 Å². The number of aromatic nitrogens is 1. The summed E-state index contributed by atoms with van der Waals surface area (Å²) in [5, 5.41) is 7.16. The molecule has 112 valence electrons. The van der Waals surface area contributed by atoms with Crippen LogP contribution in [0.2, 0.25) is 0 Å². The van der Waals surface area contributed by atoms with Crippen LogP contribution >= 0.6 is 11.3 Å². The zero-order valence-electron chi connectivity index (χ0n) is 12.6. The van der Waals surface area contributed by atoms with E-state index < -0.39 is 0 Å². The number of thiophene rings is 1. The molecule has 3 N–H and O–H groups in total. The summed E-state index contributed by atoms with van der Waals surface area (Å²) in [4.78, 5) is 16.6. The monoisotopic (exact) mass is 303 g/mol. The Hall–Kier alpha value is -1.88. The number of nitrogens with zero attached hydrogens (tertiary/aromatic N) is 1. The van der Waals surface area contributed by atoms with Crippen LogP contribution in [0.4, 0.5) is 5.82 Å². The van der Waals surface area contributed by atoms with Crippen molar-refractivity contribution in [1.29, 1.82) is 0 Å². The normalized spacial score (nSPS) is 12.4. The molecule has 0 aliphatic rings. The van der Waals surface area contributed by atoms with Crippen LogP contribution in [0.3, 0.4) is 0 Å². The minimum Gasteiger partial charge on any atom is -0.384 e. The van der Waals surface area contributed by atoms with Gasteiger partial charge in [-0.1, -0.05) is 13.8 Å². The van der Waals surface area contributed by atoms with Crippen molar-refractivity contribution in [3.05, 3.63) is 45.8 Å². The van der Waals surface area contributed by atoms with Crippen LogP contribution in [-0.4, -0.2) is 16.9 Å². The second kappa shape index (κ2) is 6.72. The highest BCUT2D eigenvalue weighted by Gasteiger charge is 2.13. The number of carbonyl (C=O) groups is 1. The van der Waals surface area contributed by atoms with Gasteiger partial charge in [-0.25, -0.2) is 4.98 Å². The average Bonchev–Trinajstić information content (AvgIpc) is 2.90. The van der Waals surface area contributed by atoms with Crippen LogP contribution in [-0.2, 0) is 6.42 Å². The number of carbonyl (C=O) groups excluding carboxylic acids is 1. The van der Waals surface area contributed by atoms with E-state index in [2.05, 4.69) is 21.7 Å². The third kappa shape index (κ3) is 4.29. The fourth-order valence-electron chi connectivity index (χ4n) is 2.12.